The third-order valence-electron chi connectivity index (χ3n) is 8.42. The van der Waals surface area contributed by atoms with E-state index in [-0.39, 0.29) is 61.1 Å². The van der Waals surface area contributed by atoms with Crippen molar-refractivity contribution in [3.63, 3.8) is 0 Å². The molecule has 0 fully saturated rings. The fourth-order valence-electron chi connectivity index (χ4n) is 5.50. The minimum atomic E-state index is -1.01. The zero-order valence-corrected chi connectivity index (χ0v) is 30.3. The van der Waals surface area contributed by atoms with Crippen molar-refractivity contribution >= 4 is 47.2 Å². The Morgan fingerprint density at radius 2 is 1.64 bits per heavy atom. The molecule has 2 aromatic carbocycles. The number of aromatic nitrogens is 3. The van der Waals surface area contributed by atoms with Crippen LogP contribution in [0.4, 0.5) is 21.0 Å². The molecule has 4 rings (SSSR count). The quantitative estimate of drug-likeness (QED) is 0.0320. The summed E-state index contributed by atoms with van der Waals surface area (Å²) in [6.45, 7) is 4.20. The Morgan fingerprint density at radius 3 is 2.27 bits per heavy atom. The van der Waals surface area contributed by atoms with Crippen molar-refractivity contribution in [2.45, 2.75) is 71.1 Å². The van der Waals surface area contributed by atoms with Gasteiger partial charge in [0.15, 0.2) is 0 Å². The highest BCUT2D eigenvalue weighted by molar-refractivity contribution is 6.12. The molecule has 3 aromatic rings. The fourth-order valence-corrected chi connectivity index (χ4v) is 5.50. The van der Waals surface area contributed by atoms with E-state index in [4.69, 9.17) is 15.2 Å². The van der Waals surface area contributed by atoms with E-state index < -0.39 is 35.1 Å². The molecule has 2 heterocycles. The summed E-state index contributed by atoms with van der Waals surface area (Å²) < 4.78 is 11.6. The molecule has 19 nitrogen and oxygen atoms in total. The van der Waals surface area contributed by atoms with E-state index in [9.17, 15) is 38.9 Å². The maximum atomic E-state index is 13.6. The molecule has 6 amide bonds. The van der Waals surface area contributed by atoms with Crippen LogP contribution in [0.2, 0.25) is 0 Å². The Morgan fingerprint density at radius 1 is 0.945 bits per heavy atom. The number of nitrogens with zero attached hydrogens (tertiary/aromatic N) is 5. The van der Waals surface area contributed by atoms with Gasteiger partial charge in [0.1, 0.15) is 24.1 Å². The fraction of sp³-hybridized carbons (Fsp3) is 0.389. The number of nitrogens with one attached hydrogen (secondary N) is 3. The van der Waals surface area contributed by atoms with Gasteiger partial charge in [-0.05, 0) is 61.4 Å². The molecule has 0 saturated heterocycles. The van der Waals surface area contributed by atoms with Crippen LogP contribution in [0.25, 0.3) is 0 Å². The van der Waals surface area contributed by atoms with Crippen LogP contribution >= 0.6 is 0 Å². The van der Waals surface area contributed by atoms with Gasteiger partial charge in [0.05, 0.1) is 17.2 Å². The topological polar surface area (TPSA) is 260 Å². The number of nitrogens with two attached hydrogens (primary N) is 1. The number of anilines is 1. The van der Waals surface area contributed by atoms with Crippen molar-refractivity contribution < 1.29 is 43.2 Å². The zero-order valence-electron chi connectivity index (χ0n) is 30.3. The van der Waals surface area contributed by atoms with Gasteiger partial charge in [-0.15, -0.1) is 5.10 Å². The number of amides is 6. The number of rotatable bonds is 20. The lowest BCUT2D eigenvalue weighted by atomic mass is 10.0. The summed E-state index contributed by atoms with van der Waals surface area (Å²) in [5.74, 6) is -1.29. The first-order chi connectivity index (χ1) is 26.3. The number of non-ortho nitro benzene ring substituents is 1. The number of urea groups is 1. The lowest BCUT2D eigenvalue weighted by Gasteiger charge is -2.20. The van der Waals surface area contributed by atoms with Crippen molar-refractivity contribution in [2.75, 3.05) is 18.4 Å². The van der Waals surface area contributed by atoms with E-state index in [1.54, 1.807) is 30.5 Å². The number of unbranched alkanes of at least 4 members (excludes halogenated alkanes) is 2. The highest BCUT2D eigenvalue weighted by Crippen LogP contribution is 2.24. The average Bonchev–Trinajstić information content (AvgIpc) is 3.75. The van der Waals surface area contributed by atoms with E-state index in [0.717, 1.165) is 0 Å². The van der Waals surface area contributed by atoms with Gasteiger partial charge in [0, 0.05) is 49.5 Å². The Bertz CT molecular complexity index is 1860. The molecule has 1 aliphatic rings. The molecule has 5 N–H and O–H groups in total. The Balaban J connectivity index is 1.32. The van der Waals surface area contributed by atoms with E-state index in [1.807, 2.05) is 13.8 Å². The van der Waals surface area contributed by atoms with Gasteiger partial charge < -0.3 is 31.2 Å². The number of ether oxygens (including phenoxy) is 2. The van der Waals surface area contributed by atoms with Gasteiger partial charge in [0.25, 0.3) is 17.5 Å². The smallest absolute Gasteiger partial charge is 0.429 e. The van der Waals surface area contributed by atoms with Gasteiger partial charge in [-0.3, -0.25) is 34.2 Å². The minimum absolute atomic E-state index is 0.0762. The number of nitro groups is 1. The monoisotopic (exact) mass is 761 g/mol. The van der Waals surface area contributed by atoms with E-state index in [0.29, 0.717) is 49.2 Å². The standard InChI is InChI=1S/C36H43N9O10/c1-23(2)33(40-30(46)8-4-3-5-20-43-31(47)17-18-32(43)48)28-21-44(42-41-28)29(7-6-19-38-35(37)50)34(49)39-25-11-9-24(10-12-25)22-54-36(51)55-27-15-13-26(14-16-27)45(52)53/h9-18,21,23,29,33H,3-8,19-20,22H2,1-2H3,(H,39,49)(H,40,46)(H3,37,38,50)/t29?,33-/m0/s1. The Labute approximate surface area is 315 Å². The summed E-state index contributed by atoms with van der Waals surface area (Å²) in [5.41, 5.74) is 6.51. The van der Waals surface area contributed by atoms with Crippen LogP contribution in [-0.2, 0) is 30.5 Å². The van der Waals surface area contributed by atoms with Crippen molar-refractivity contribution in [1.29, 1.82) is 0 Å². The second-order valence-corrected chi connectivity index (χ2v) is 12.9. The molecule has 55 heavy (non-hydrogen) atoms. The van der Waals surface area contributed by atoms with Crippen LogP contribution in [0.1, 0.15) is 75.7 Å². The van der Waals surface area contributed by atoms with Crippen LogP contribution in [0.3, 0.4) is 0 Å². The highest BCUT2D eigenvalue weighted by atomic mass is 16.7. The van der Waals surface area contributed by atoms with E-state index in [1.165, 1.54) is 46.0 Å². The summed E-state index contributed by atoms with van der Waals surface area (Å²) in [4.78, 5) is 84.6. The van der Waals surface area contributed by atoms with E-state index >= 15 is 0 Å². The summed E-state index contributed by atoms with van der Waals surface area (Å²) in [6, 6.07) is 9.38. The lowest BCUT2D eigenvalue weighted by molar-refractivity contribution is -0.384. The third-order valence-corrected chi connectivity index (χ3v) is 8.42. The van der Waals surface area contributed by atoms with Crippen LogP contribution in [0.15, 0.2) is 66.9 Å². The molecule has 0 saturated carbocycles. The maximum absolute atomic E-state index is 13.6. The normalized spacial score (nSPS) is 13.3. The number of benzene rings is 2. The van der Waals surface area contributed by atoms with Crippen LogP contribution in [0.5, 0.6) is 5.75 Å². The molecule has 2 atom stereocenters. The molecular formula is C36H43N9O10. The van der Waals surface area contributed by atoms with Crippen molar-refractivity contribution in [3.05, 3.63) is 88.3 Å². The maximum Gasteiger partial charge on any atom is 0.514 e. The molecule has 1 aromatic heterocycles. The van der Waals surface area contributed by atoms with Crippen LogP contribution < -0.4 is 26.4 Å². The minimum Gasteiger partial charge on any atom is -0.429 e. The number of carbonyl (C=O) groups is 6. The van der Waals surface area contributed by atoms with Gasteiger partial charge >= 0.3 is 12.2 Å². The molecule has 292 valence electrons. The van der Waals surface area contributed by atoms with Gasteiger partial charge in [-0.2, -0.15) is 0 Å². The number of nitro benzene ring substituents is 1. The van der Waals surface area contributed by atoms with Crippen molar-refractivity contribution in [2.24, 2.45) is 11.7 Å². The summed E-state index contributed by atoms with van der Waals surface area (Å²) >= 11 is 0. The van der Waals surface area contributed by atoms with Gasteiger partial charge in [-0.1, -0.05) is 37.6 Å². The van der Waals surface area contributed by atoms with Crippen LogP contribution in [0, 0.1) is 16.0 Å². The van der Waals surface area contributed by atoms with Crippen molar-refractivity contribution in [1.82, 2.24) is 30.5 Å². The summed E-state index contributed by atoms with van der Waals surface area (Å²) in [7, 11) is 0. The Hall–Kier alpha value is -6.66. The summed E-state index contributed by atoms with van der Waals surface area (Å²) in [6.07, 6.45) is 5.71. The third kappa shape index (κ3) is 12.8. The average molecular weight is 762 g/mol. The first kappa shape index (κ1) is 41.1. The molecule has 1 aliphatic heterocycles. The van der Waals surface area contributed by atoms with Crippen molar-refractivity contribution in [3.8, 4) is 5.75 Å². The molecule has 19 heteroatoms. The number of imide groups is 1. The molecule has 0 aliphatic carbocycles. The SMILES string of the molecule is CC(C)[C@H](NC(=O)CCCCCN1C(=O)C=CC1=O)c1cn(C(CCCNC(N)=O)C(=O)Nc2ccc(COC(=O)Oc3ccc([N+](=O)[O-])cc3)cc2)nn1. The number of hydrogen-bond acceptors (Lipinski definition) is 12. The Kier molecular flexibility index (Phi) is 14.9. The number of hydrogen-bond donors (Lipinski definition) is 4. The molecule has 1 unspecified atom stereocenters. The molecule has 0 bridgehead atoms. The first-order valence-electron chi connectivity index (χ1n) is 17.6. The summed E-state index contributed by atoms with van der Waals surface area (Å²) in [5, 5.41) is 27.6. The molecular weight excluding hydrogens is 718 g/mol. The van der Waals surface area contributed by atoms with Crippen LogP contribution in [-0.4, -0.2) is 73.7 Å². The second kappa shape index (κ2) is 20.0. The lowest BCUT2D eigenvalue weighted by Crippen LogP contribution is -2.32. The first-order valence-corrected chi connectivity index (χ1v) is 17.6. The van der Waals surface area contributed by atoms with E-state index in [2.05, 4.69) is 26.3 Å². The van der Waals surface area contributed by atoms with Gasteiger partial charge in [-0.25, -0.2) is 14.3 Å². The highest BCUT2D eigenvalue weighted by Gasteiger charge is 2.27. The number of carbonyl (C=O) groups excluding carboxylic acids is 6. The predicted molar refractivity (Wildman–Crippen MR) is 195 cm³/mol. The number of primary amides is 1. The second-order valence-electron chi connectivity index (χ2n) is 12.9. The largest absolute Gasteiger partial charge is 0.514 e. The molecule has 0 spiro atoms. The predicted octanol–water partition coefficient (Wildman–Crippen LogP) is 3.83. The van der Waals surface area contributed by atoms with Gasteiger partial charge in [0.2, 0.25) is 11.8 Å². The zero-order chi connectivity index (χ0) is 39.9. The molecule has 0 radical (unpaired) electrons.